The number of aromatic nitrogens is 4. The molecule has 0 radical (unpaired) electrons. The van der Waals surface area contributed by atoms with Crippen LogP contribution in [0.5, 0.6) is 0 Å². The normalized spacial score (nSPS) is 15.7. The van der Waals surface area contributed by atoms with Crippen molar-refractivity contribution < 1.29 is 0 Å². The zero-order chi connectivity index (χ0) is 17.9. The van der Waals surface area contributed by atoms with Gasteiger partial charge in [0.15, 0.2) is 0 Å². The average molecular weight is 350 g/mol. The average Bonchev–Trinajstić information content (AvgIpc) is 3.12. The molecule has 1 aliphatic rings. The highest BCUT2D eigenvalue weighted by molar-refractivity contribution is 5.55. The van der Waals surface area contributed by atoms with Crippen LogP contribution in [0.1, 0.15) is 30.2 Å². The third-order valence-corrected chi connectivity index (χ3v) is 5.13. The molecular formula is C20H26N6. The van der Waals surface area contributed by atoms with Crippen LogP contribution >= 0.6 is 0 Å². The van der Waals surface area contributed by atoms with Gasteiger partial charge in [0.1, 0.15) is 12.1 Å². The van der Waals surface area contributed by atoms with E-state index in [2.05, 4.69) is 69.0 Å². The van der Waals surface area contributed by atoms with Crippen LogP contribution in [0.15, 0.2) is 36.7 Å². The molecule has 0 amide bonds. The third kappa shape index (κ3) is 3.29. The van der Waals surface area contributed by atoms with Crippen LogP contribution < -0.4 is 4.90 Å². The molecule has 0 bridgehead atoms. The van der Waals surface area contributed by atoms with Gasteiger partial charge < -0.3 is 4.90 Å². The van der Waals surface area contributed by atoms with E-state index < -0.39 is 0 Å². The molecule has 3 heterocycles. The van der Waals surface area contributed by atoms with Gasteiger partial charge in [-0.15, -0.1) is 0 Å². The fraction of sp³-hybridized carbons (Fsp3) is 0.450. The predicted molar refractivity (Wildman–Crippen MR) is 103 cm³/mol. The molecule has 4 rings (SSSR count). The number of anilines is 1. The molecule has 0 aliphatic carbocycles. The fourth-order valence-corrected chi connectivity index (χ4v) is 3.80. The van der Waals surface area contributed by atoms with Crippen molar-refractivity contribution in [2.45, 2.75) is 33.2 Å². The molecule has 136 valence electrons. The van der Waals surface area contributed by atoms with Gasteiger partial charge >= 0.3 is 0 Å². The second kappa shape index (κ2) is 7.41. The summed E-state index contributed by atoms with van der Waals surface area (Å²) >= 11 is 0. The summed E-state index contributed by atoms with van der Waals surface area (Å²) in [6, 6.07) is 10.7. The molecule has 6 heteroatoms. The molecule has 1 aromatic carbocycles. The number of benzene rings is 1. The predicted octanol–water partition coefficient (Wildman–Crippen LogP) is 2.71. The lowest BCUT2D eigenvalue weighted by atomic mass is 10.1. The second-order valence-electron chi connectivity index (χ2n) is 6.97. The first kappa shape index (κ1) is 17.0. The zero-order valence-electron chi connectivity index (χ0n) is 15.6. The summed E-state index contributed by atoms with van der Waals surface area (Å²) in [6.45, 7) is 9.44. The Morgan fingerprint density at radius 3 is 2.54 bits per heavy atom. The second-order valence-corrected chi connectivity index (χ2v) is 6.97. The number of nitrogens with zero attached hydrogens (tertiary/aromatic N) is 6. The number of hydrogen-bond acceptors (Lipinski definition) is 5. The van der Waals surface area contributed by atoms with Gasteiger partial charge in [0.05, 0.1) is 0 Å². The largest absolute Gasteiger partial charge is 0.354 e. The Bertz CT molecular complexity index is 865. The van der Waals surface area contributed by atoms with Crippen molar-refractivity contribution in [3.05, 3.63) is 53.5 Å². The molecule has 1 saturated heterocycles. The molecule has 3 aromatic rings. The molecule has 0 spiro atoms. The molecule has 1 fully saturated rings. The topological polar surface area (TPSA) is 49.6 Å². The lowest BCUT2D eigenvalue weighted by Crippen LogP contribution is -2.47. The minimum atomic E-state index is 0.698. The molecule has 0 saturated carbocycles. The summed E-state index contributed by atoms with van der Waals surface area (Å²) in [6.07, 6.45) is 3.73. The van der Waals surface area contributed by atoms with Crippen LogP contribution in [0, 0.1) is 6.92 Å². The molecule has 0 atom stereocenters. The van der Waals surface area contributed by atoms with E-state index in [1.54, 1.807) is 6.33 Å². The summed E-state index contributed by atoms with van der Waals surface area (Å²) in [5.74, 6) is 1.88. The number of hydrogen-bond donors (Lipinski definition) is 0. The van der Waals surface area contributed by atoms with E-state index in [9.17, 15) is 0 Å². The Morgan fingerprint density at radius 2 is 1.81 bits per heavy atom. The minimum Gasteiger partial charge on any atom is -0.354 e. The van der Waals surface area contributed by atoms with Crippen molar-refractivity contribution in [3.8, 4) is 0 Å². The zero-order valence-corrected chi connectivity index (χ0v) is 15.6. The number of fused-ring (bicyclic) bond motifs is 1. The molecule has 0 N–H and O–H groups in total. The van der Waals surface area contributed by atoms with Crippen LogP contribution in [0.2, 0.25) is 0 Å². The first-order chi connectivity index (χ1) is 12.8. The van der Waals surface area contributed by atoms with Crippen molar-refractivity contribution >= 4 is 11.6 Å². The highest BCUT2D eigenvalue weighted by Gasteiger charge is 2.23. The third-order valence-electron chi connectivity index (χ3n) is 5.13. The Balaban J connectivity index is 1.55. The van der Waals surface area contributed by atoms with Crippen molar-refractivity contribution in [1.82, 2.24) is 24.5 Å². The van der Waals surface area contributed by atoms with Crippen LogP contribution in [-0.4, -0.2) is 50.7 Å². The summed E-state index contributed by atoms with van der Waals surface area (Å²) in [5.41, 5.74) is 3.77. The summed E-state index contributed by atoms with van der Waals surface area (Å²) in [7, 11) is 0. The van der Waals surface area contributed by atoms with E-state index in [4.69, 9.17) is 0 Å². The van der Waals surface area contributed by atoms with Crippen LogP contribution in [0.25, 0.3) is 5.78 Å². The van der Waals surface area contributed by atoms with E-state index in [0.717, 1.165) is 51.3 Å². The Kier molecular flexibility index (Phi) is 4.84. The standard InChI is InChI=1S/C20H26N6/c1-3-7-18-16(2)23-20-21-15-22-26(20)19(18)25-12-10-24(11-13-25)14-17-8-5-4-6-9-17/h4-6,8-9,15H,3,7,10-14H2,1-2H3. The molecule has 1 aliphatic heterocycles. The van der Waals surface area contributed by atoms with Crippen molar-refractivity contribution in [1.29, 1.82) is 0 Å². The lowest BCUT2D eigenvalue weighted by molar-refractivity contribution is 0.249. The van der Waals surface area contributed by atoms with E-state index in [-0.39, 0.29) is 0 Å². The summed E-state index contributed by atoms with van der Waals surface area (Å²) in [4.78, 5) is 13.9. The van der Waals surface area contributed by atoms with Crippen molar-refractivity contribution in [3.63, 3.8) is 0 Å². The van der Waals surface area contributed by atoms with E-state index in [1.165, 1.54) is 16.9 Å². The van der Waals surface area contributed by atoms with E-state index in [1.807, 2.05) is 4.52 Å². The lowest BCUT2D eigenvalue weighted by Gasteiger charge is -2.37. The van der Waals surface area contributed by atoms with Crippen molar-refractivity contribution in [2.24, 2.45) is 0 Å². The summed E-state index contributed by atoms with van der Waals surface area (Å²) < 4.78 is 1.92. The van der Waals surface area contributed by atoms with Gasteiger partial charge in [0.2, 0.25) is 0 Å². The van der Waals surface area contributed by atoms with Crippen LogP contribution in [0.3, 0.4) is 0 Å². The molecule has 6 nitrogen and oxygen atoms in total. The van der Waals surface area contributed by atoms with Crippen molar-refractivity contribution in [2.75, 3.05) is 31.1 Å². The van der Waals surface area contributed by atoms with Gasteiger partial charge in [-0.25, -0.2) is 4.98 Å². The first-order valence-electron chi connectivity index (χ1n) is 9.46. The van der Waals surface area contributed by atoms with Gasteiger partial charge in [-0.3, -0.25) is 4.90 Å². The fourth-order valence-electron chi connectivity index (χ4n) is 3.80. The molecule has 0 unspecified atom stereocenters. The van der Waals surface area contributed by atoms with Gasteiger partial charge in [-0.05, 0) is 18.9 Å². The maximum Gasteiger partial charge on any atom is 0.254 e. The van der Waals surface area contributed by atoms with E-state index in [0.29, 0.717) is 5.78 Å². The maximum absolute atomic E-state index is 4.63. The van der Waals surface area contributed by atoms with Gasteiger partial charge in [0, 0.05) is 44.0 Å². The van der Waals surface area contributed by atoms with Crippen LogP contribution in [0.4, 0.5) is 5.82 Å². The first-order valence-corrected chi connectivity index (χ1v) is 9.46. The molecule has 2 aromatic heterocycles. The molecule has 26 heavy (non-hydrogen) atoms. The van der Waals surface area contributed by atoms with E-state index >= 15 is 0 Å². The van der Waals surface area contributed by atoms with Gasteiger partial charge in [0.25, 0.3) is 5.78 Å². The minimum absolute atomic E-state index is 0.698. The Morgan fingerprint density at radius 1 is 1.04 bits per heavy atom. The SMILES string of the molecule is CCCc1c(C)nc2ncnn2c1N1CCN(Cc2ccccc2)CC1. The Labute approximate surface area is 154 Å². The maximum atomic E-state index is 4.63. The number of rotatable bonds is 5. The highest BCUT2D eigenvalue weighted by atomic mass is 15.4. The summed E-state index contributed by atoms with van der Waals surface area (Å²) in [5, 5.41) is 4.45. The number of piperazine rings is 1. The molecular weight excluding hydrogens is 324 g/mol. The Hall–Kier alpha value is -2.47. The van der Waals surface area contributed by atoms with Crippen LogP contribution in [-0.2, 0) is 13.0 Å². The quantitative estimate of drug-likeness (QED) is 0.708. The highest BCUT2D eigenvalue weighted by Crippen LogP contribution is 2.26. The smallest absolute Gasteiger partial charge is 0.254 e. The van der Waals surface area contributed by atoms with Gasteiger partial charge in [-0.1, -0.05) is 43.7 Å². The van der Waals surface area contributed by atoms with Gasteiger partial charge in [-0.2, -0.15) is 14.6 Å². The monoisotopic (exact) mass is 350 g/mol. The number of aryl methyl sites for hydroxylation is 1.